The Morgan fingerprint density at radius 1 is 0.476 bits per heavy atom. The monoisotopic (exact) mass is 442 g/mol. The third kappa shape index (κ3) is 3.57. The van der Waals surface area contributed by atoms with Crippen LogP contribution in [0.4, 0.5) is 0 Å². The summed E-state index contributed by atoms with van der Waals surface area (Å²) in [6.07, 6.45) is 0. The summed E-state index contributed by atoms with van der Waals surface area (Å²) in [6, 6.07) is 2.76. The fourth-order valence-electron chi connectivity index (χ4n) is 1.39. The van der Waals surface area contributed by atoms with Crippen LogP contribution < -0.4 is 4.74 Å². The second-order valence-electron chi connectivity index (χ2n) is 3.70. The smallest absolute Gasteiger partial charge is 0.167 e. The summed E-state index contributed by atoms with van der Waals surface area (Å²) in [6.45, 7) is 0. The Morgan fingerprint density at radius 2 is 0.905 bits per heavy atom. The van der Waals surface area contributed by atoms with Crippen LogP contribution in [0.25, 0.3) is 0 Å². The van der Waals surface area contributed by atoms with Crippen molar-refractivity contribution in [1.29, 1.82) is 0 Å². The summed E-state index contributed by atoms with van der Waals surface area (Å²) < 4.78 is 5.56. The molecule has 0 aliphatic heterocycles. The van der Waals surface area contributed by atoms with Crippen molar-refractivity contribution >= 4 is 92.8 Å². The van der Waals surface area contributed by atoms with Crippen LogP contribution in [0.3, 0.4) is 0 Å². The summed E-state index contributed by atoms with van der Waals surface area (Å²) in [5, 5.41) is 0.837. The van der Waals surface area contributed by atoms with Crippen molar-refractivity contribution in [3.05, 3.63) is 52.3 Å². The van der Waals surface area contributed by atoms with E-state index in [0.29, 0.717) is 0 Å². The van der Waals surface area contributed by atoms with Crippen LogP contribution in [-0.4, -0.2) is 0 Å². The Morgan fingerprint density at radius 3 is 1.43 bits per heavy atom. The van der Waals surface area contributed by atoms with E-state index in [-0.39, 0.29) is 51.7 Å². The van der Waals surface area contributed by atoms with E-state index in [1.54, 1.807) is 0 Å². The summed E-state index contributed by atoms with van der Waals surface area (Å²) in [7, 11) is 0. The average Bonchev–Trinajstić information content (AvgIpc) is 2.42. The first-order valence-electron chi connectivity index (χ1n) is 5.07. The van der Waals surface area contributed by atoms with E-state index < -0.39 is 0 Å². The summed E-state index contributed by atoms with van der Waals surface area (Å²) >= 11 is 47.8. The highest BCUT2D eigenvalue weighted by atomic mass is 35.5. The summed E-state index contributed by atoms with van der Waals surface area (Å²) in [5.74, 6) is 0.0490. The van der Waals surface area contributed by atoms with E-state index >= 15 is 0 Å². The summed E-state index contributed by atoms with van der Waals surface area (Å²) in [4.78, 5) is 0. The molecule has 2 aromatic rings. The lowest BCUT2D eigenvalue weighted by atomic mass is 10.3. The van der Waals surface area contributed by atoms with Gasteiger partial charge in [-0.1, -0.05) is 92.8 Å². The molecule has 112 valence electrons. The lowest BCUT2D eigenvalue weighted by molar-refractivity contribution is 0.484. The number of rotatable bonds is 2. The maximum Gasteiger partial charge on any atom is 0.167 e. The van der Waals surface area contributed by atoms with Gasteiger partial charge in [0.15, 0.2) is 11.5 Å². The minimum absolute atomic E-state index is 0.0115. The second kappa shape index (κ2) is 6.98. The van der Waals surface area contributed by atoms with Crippen molar-refractivity contribution in [2.75, 3.05) is 0 Å². The van der Waals surface area contributed by atoms with Crippen molar-refractivity contribution in [1.82, 2.24) is 0 Å². The van der Waals surface area contributed by atoms with Gasteiger partial charge in [0, 0.05) is 0 Å². The molecule has 0 radical (unpaired) electrons. The standard InChI is InChI=1S/C12H2Cl8O/c13-3-2-6(16)11(10(20)7(3)17)21-12-8(18)4(14)1-5(15)9(12)19/h1-2H. The van der Waals surface area contributed by atoms with E-state index in [2.05, 4.69) is 0 Å². The first kappa shape index (κ1) is 17.9. The molecule has 0 saturated heterocycles. The van der Waals surface area contributed by atoms with E-state index in [4.69, 9.17) is 97.5 Å². The molecule has 1 nitrogen and oxygen atoms in total. The minimum atomic E-state index is 0.0115. The molecular formula is C12H2Cl8O. The van der Waals surface area contributed by atoms with Crippen LogP contribution in [-0.2, 0) is 0 Å². The maximum atomic E-state index is 6.06. The molecule has 0 bridgehead atoms. The summed E-state index contributed by atoms with van der Waals surface area (Å²) in [5.41, 5.74) is 0. The van der Waals surface area contributed by atoms with E-state index in [9.17, 15) is 0 Å². The van der Waals surface area contributed by atoms with Gasteiger partial charge in [-0.3, -0.25) is 0 Å². The molecule has 0 aromatic heterocycles. The van der Waals surface area contributed by atoms with Crippen molar-refractivity contribution in [2.24, 2.45) is 0 Å². The minimum Gasteiger partial charge on any atom is -0.451 e. The predicted molar refractivity (Wildman–Crippen MR) is 93.0 cm³/mol. The fraction of sp³-hybridized carbons (Fsp3) is 0. The van der Waals surface area contributed by atoms with E-state index in [0.717, 1.165) is 0 Å². The van der Waals surface area contributed by atoms with E-state index in [1.807, 2.05) is 0 Å². The van der Waals surface area contributed by atoms with Gasteiger partial charge >= 0.3 is 0 Å². The molecule has 0 spiro atoms. The van der Waals surface area contributed by atoms with Gasteiger partial charge in [-0.25, -0.2) is 0 Å². The molecule has 9 heteroatoms. The van der Waals surface area contributed by atoms with Crippen LogP contribution >= 0.6 is 92.8 Å². The van der Waals surface area contributed by atoms with Gasteiger partial charge in [0.2, 0.25) is 0 Å². The molecule has 0 saturated carbocycles. The molecule has 21 heavy (non-hydrogen) atoms. The zero-order valence-corrected chi connectivity index (χ0v) is 15.6. The largest absolute Gasteiger partial charge is 0.451 e. The number of halogens is 8. The van der Waals surface area contributed by atoms with Crippen LogP contribution in [0.5, 0.6) is 11.5 Å². The highest BCUT2D eigenvalue weighted by Gasteiger charge is 2.21. The van der Waals surface area contributed by atoms with Gasteiger partial charge in [0.25, 0.3) is 0 Å². The number of hydrogen-bond acceptors (Lipinski definition) is 1. The third-order valence-corrected chi connectivity index (χ3v) is 5.41. The van der Waals surface area contributed by atoms with Crippen molar-refractivity contribution in [3.8, 4) is 11.5 Å². The van der Waals surface area contributed by atoms with Crippen LogP contribution in [0, 0.1) is 0 Å². The Bertz CT molecular complexity index is 702. The van der Waals surface area contributed by atoms with Crippen LogP contribution in [0.1, 0.15) is 0 Å². The highest BCUT2D eigenvalue weighted by Crippen LogP contribution is 2.49. The topological polar surface area (TPSA) is 9.23 Å². The highest BCUT2D eigenvalue weighted by molar-refractivity contribution is 6.51. The van der Waals surface area contributed by atoms with E-state index in [1.165, 1.54) is 12.1 Å². The number of benzene rings is 2. The Kier molecular flexibility index (Phi) is 5.96. The van der Waals surface area contributed by atoms with Crippen LogP contribution in [0.2, 0.25) is 40.2 Å². The molecule has 0 aliphatic rings. The molecule has 0 amide bonds. The molecule has 0 heterocycles. The van der Waals surface area contributed by atoms with Gasteiger partial charge in [-0.15, -0.1) is 0 Å². The molecule has 0 atom stereocenters. The van der Waals surface area contributed by atoms with Crippen molar-refractivity contribution in [3.63, 3.8) is 0 Å². The Labute approximate surface area is 160 Å². The Balaban J connectivity index is 2.62. The lowest BCUT2D eigenvalue weighted by Gasteiger charge is -2.15. The zero-order valence-electron chi connectivity index (χ0n) is 9.59. The Hall–Kier alpha value is 0.560. The molecule has 0 aliphatic carbocycles. The number of hydrogen-bond donors (Lipinski definition) is 0. The van der Waals surface area contributed by atoms with Gasteiger partial charge in [-0.2, -0.15) is 0 Å². The normalized spacial score (nSPS) is 10.9. The first-order chi connectivity index (χ1) is 9.73. The molecule has 0 unspecified atom stereocenters. The molecule has 2 rings (SSSR count). The average molecular weight is 446 g/mol. The van der Waals surface area contributed by atoms with Gasteiger partial charge in [0.05, 0.1) is 25.1 Å². The molecule has 2 aromatic carbocycles. The van der Waals surface area contributed by atoms with Crippen LogP contribution in [0.15, 0.2) is 12.1 Å². The first-order valence-corrected chi connectivity index (χ1v) is 8.10. The van der Waals surface area contributed by atoms with Gasteiger partial charge in [0.1, 0.15) is 15.1 Å². The molecule has 0 N–H and O–H groups in total. The quantitative estimate of drug-likeness (QED) is 0.332. The predicted octanol–water partition coefficient (Wildman–Crippen LogP) is 8.71. The van der Waals surface area contributed by atoms with Gasteiger partial charge in [-0.05, 0) is 12.1 Å². The lowest BCUT2D eigenvalue weighted by Crippen LogP contribution is -1.91. The molecular weight excluding hydrogens is 444 g/mol. The number of ether oxygens (including phenoxy) is 1. The second-order valence-corrected chi connectivity index (χ2v) is 6.84. The molecule has 0 fully saturated rings. The van der Waals surface area contributed by atoms with Gasteiger partial charge < -0.3 is 4.74 Å². The fourth-order valence-corrected chi connectivity index (χ4v) is 3.24. The zero-order chi connectivity index (χ0) is 15.9. The third-order valence-electron chi connectivity index (χ3n) is 2.35. The maximum absolute atomic E-state index is 6.06. The SMILES string of the molecule is Clc1cc(Cl)c(Oc2c(Cl)c(Cl)cc(Cl)c2Cl)c(Cl)c1Cl. The van der Waals surface area contributed by atoms with Crippen molar-refractivity contribution in [2.45, 2.75) is 0 Å². The van der Waals surface area contributed by atoms with Crippen molar-refractivity contribution < 1.29 is 4.74 Å².